The standard InChI is InChI=1S/C16H24N2O4/c1-5-18(8-6-7-16(20)21)14-10-15(22-4)12(11-19)9-13(14)17(2)3/h9-11H,5-8H2,1-4H3,(H,20,21). The maximum absolute atomic E-state index is 11.2. The van der Waals surface area contributed by atoms with E-state index < -0.39 is 5.97 Å². The second-order valence-corrected chi connectivity index (χ2v) is 5.17. The number of carboxylic acid groups (broad SMARTS) is 1. The number of ether oxygens (including phenoxy) is 1. The summed E-state index contributed by atoms with van der Waals surface area (Å²) in [4.78, 5) is 25.9. The molecule has 0 aliphatic carbocycles. The van der Waals surface area contributed by atoms with Gasteiger partial charge in [0.25, 0.3) is 0 Å². The number of hydrogen-bond acceptors (Lipinski definition) is 5. The molecule has 0 fully saturated rings. The predicted octanol–water partition coefficient (Wildman–Crippen LogP) is 2.26. The lowest BCUT2D eigenvalue weighted by molar-refractivity contribution is -0.137. The second-order valence-electron chi connectivity index (χ2n) is 5.17. The van der Waals surface area contributed by atoms with E-state index in [0.29, 0.717) is 24.3 Å². The fraction of sp³-hybridized carbons (Fsp3) is 0.500. The first-order valence-electron chi connectivity index (χ1n) is 7.25. The summed E-state index contributed by atoms with van der Waals surface area (Å²) >= 11 is 0. The van der Waals surface area contributed by atoms with Gasteiger partial charge in [-0.1, -0.05) is 0 Å². The van der Waals surface area contributed by atoms with Crippen molar-refractivity contribution in [2.75, 3.05) is 44.1 Å². The van der Waals surface area contributed by atoms with Crippen molar-refractivity contribution < 1.29 is 19.4 Å². The smallest absolute Gasteiger partial charge is 0.303 e. The summed E-state index contributed by atoms with van der Waals surface area (Å²) in [6, 6.07) is 3.63. The van der Waals surface area contributed by atoms with E-state index >= 15 is 0 Å². The molecule has 0 bridgehead atoms. The summed E-state index contributed by atoms with van der Waals surface area (Å²) in [6.45, 7) is 3.39. The molecule has 0 unspecified atom stereocenters. The number of benzene rings is 1. The molecule has 6 heteroatoms. The van der Waals surface area contributed by atoms with Crippen LogP contribution in [0.25, 0.3) is 0 Å². The van der Waals surface area contributed by atoms with Crippen LogP contribution < -0.4 is 14.5 Å². The lowest BCUT2D eigenvalue weighted by Crippen LogP contribution is -2.27. The van der Waals surface area contributed by atoms with E-state index in [4.69, 9.17) is 9.84 Å². The lowest BCUT2D eigenvalue weighted by Gasteiger charge is -2.29. The number of anilines is 2. The summed E-state index contributed by atoms with van der Waals surface area (Å²) in [5.74, 6) is -0.273. The fourth-order valence-electron chi connectivity index (χ4n) is 2.32. The topological polar surface area (TPSA) is 70.1 Å². The summed E-state index contributed by atoms with van der Waals surface area (Å²) in [5.41, 5.74) is 2.33. The van der Waals surface area contributed by atoms with Crippen LogP contribution in [0.4, 0.5) is 11.4 Å². The average molecular weight is 308 g/mol. The van der Waals surface area contributed by atoms with Crippen LogP contribution in [0.15, 0.2) is 12.1 Å². The number of rotatable bonds is 9. The van der Waals surface area contributed by atoms with Crippen LogP contribution in [0, 0.1) is 0 Å². The molecular weight excluding hydrogens is 284 g/mol. The molecule has 22 heavy (non-hydrogen) atoms. The van der Waals surface area contributed by atoms with E-state index in [1.807, 2.05) is 32.0 Å². The number of nitrogens with zero attached hydrogens (tertiary/aromatic N) is 2. The number of aliphatic carboxylic acids is 1. The van der Waals surface area contributed by atoms with Crippen LogP contribution >= 0.6 is 0 Å². The molecule has 0 aliphatic rings. The molecule has 0 heterocycles. The highest BCUT2D eigenvalue weighted by molar-refractivity contribution is 5.86. The number of carboxylic acids is 1. The van der Waals surface area contributed by atoms with E-state index in [-0.39, 0.29) is 6.42 Å². The zero-order valence-corrected chi connectivity index (χ0v) is 13.6. The molecule has 6 nitrogen and oxygen atoms in total. The first-order chi connectivity index (χ1) is 10.4. The number of carbonyl (C=O) groups is 2. The first kappa shape index (κ1) is 17.8. The highest BCUT2D eigenvalue weighted by Crippen LogP contribution is 2.35. The van der Waals surface area contributed by atoms with Crippen molar-refractivity contribution >= 4 is 23.6 Å². The number of carbonyl (C=O) groups excluding carboxylic acids is 1. The Morgan fingerprint density at radius 2 is 2.00 bits per heavy atom. The lowest BCUT2D eigenvalue weighted by atomic mass is 10.1. The Morgan fingerprint density at radius 3 is 2.45 bits per heavy atom. The summed E-state index contributed by atoms with van der Waals surface area (Å²) in [7, 11) is 5.35. The van der Waals surface area contributed by atoms with Gasteiger partial charge in [-0.2, -0.15) is 0 Å². The molecule has 0 spiro atoms. The van der Waals surface area contributed by atoms with Gasteiger partial charge in [0.1, 0.15) is 5.75 Å². The van der Waals surface area contributed by atoms with E-state index in [1.165, 1.54) is 7.11 Å². The quantitative estimate of drug-likeness (QED) is 0.706. The Kier molecular flexibility index (Phi) is 6.69. The molecule has 0 aromatic heterocycles. The Morgan fingerprint density at radius 1 is 1.32 bits per heavy atom. The van der Waals surface area contributed by atoms with E-state index in [9.17, 15) is 9.59 Å². The summed E-state index contributed by atoms with van der Waals surface area (Å²) in [5, 5.41) is 8.78. The third-order valence-electron chi connectivity index (χ3n) is 3.48. The average Bonchev–Trinajstić information content (AvgIpc) is 2.49. The number of methoxy groups -OCH3 is 1. The molecule has 0 amide bonds. The minimum Gasteiger partial charge on any atom is -0.496 e. The van der Waals surface area contributed by atoms with Crippen LogP contribution in [-0.4, -0.2) is 51.7 Å². The SMILES string of the molecule is CCN(CCCC(=O)O)c1cc(OC)c(C=O)cc1N(C)C. The van der Waals surface area contributed by atoms with Crippen LogP contribution in [0.2, 0.25) is 0 Å². The van der Waals surface area contributed by atoms with Crippen molar-refractivity contribution in [1.29, 1.82) is 0 Å². The Hall–Kier alpha value is -2.24. The highest BCUT2D eigenvalue weighted by Gasteiger charge is 2.16. The molecule has 0 aliphatic heterocycles. The molecule has 0 saturated heterocycles. The second kappa shape index (κ2) is 8.26. The van der Waals surface area contributed by atoms with Gasteiger partial charge in [-0.05, 0) is 19.4 Å². The maximum atomic E-state index is 11.2. The van der Waals surface area contributed by atoms with E-state index in [1.54, 1.807) is 6.07 Å². The van der Waals surface area contributed by atoms with E-state index in [0.717, 1.165) is 24.2 Å². The highest BCUT2D eigenvalue weighted by atomic mass is 16.5. The molecule has 0 atom stereocenters. The minimum atomic E-state index is -0.794. The van der Waals surface area contributed by atoms with Crippen LogP contribution in [-0.2, 0) is 4.79 Å². The molecular formula is C16H24N2O4. The van der Waals surface area contributed by atoms with Crippen molar-refractivity contribution in [3.8, 4) is 5.75 Å². The van der Waals surface area contributed by atoms with Gasteiger partial charge in [-0.3, -0.25) is 9.59 Å². The van der Waals surface area contributed by atoms with Gasteiger partial charge in [0, 0.05) is 39.7 Å². The van der Waals surface area contributed by atoms with Crippen molar-refractivity contribution in [1.82, 2.24) is 0 Å². The van der Waals surface area contributed by atoms with Gasteiger partial charge in [-0.15, -0.1) is 0 Å². The Balaban J connectivity index is 3.16. The monoisotopic (exact) mass is 308 g/mol. The molecule has 1 aromatic carbocycles. The Labute approximate surface area is 131 Å². The predicted molar refractivity (Wildman–Crippen MR) is 87.5 cm³/mol. The Bertz CT molecular complexity index is 529. The maximum Gasteiger partial charge on any atom is 0.303 e. The molecule has 1 rings (SSSR count). The van der Waals surface area contributed by atoms with Gasteiger partial charge in [0.05, 0.1) is 24.0 Å². The van der Waals surface area contributed by atoms with Crippen molar-refractivity contribution in [2.45, 2.75) is 19.8 Å². The van der Waals surface area contributed by atoms with Gasteiger partial charge in [-0.25, -0.2) is 0 Å². The van der Waals surface area contributed by atoms with Gasteiger partial charge < -0.3 is 19.6 Å². The molecule has 1 N–H and O–H groups in total. The molecule has 0 radical (unpaired) electrons. The number of aldehydes is 1. The summed E-state index contributed by atoms with van der Waals surface area (Å²) < 4.78 is 5.28. The zero-order chi connectivity index (χ0) is 16.7. The van der Waals surface area contributed by atoms with Crippen molar-refractivity contribution in [3.63, 3.8) is 0 Å². The van der Waals surface area contributed by atoms with Gasteiger partial charge in [0.15, 0.2) is 6.29 Å². The summed E-state index contributed by atoms with van der Waals surface area (Å²) in [6.07, 6.45) is 1.47. The minimum absolute atomic E-state index is 0.136. The van der Waals surface area contributed by atoms with Crippen LogP contribution in [0.3, 0.4) is 0 Å². The molecule has 1 aromatic rings. The van der Waals surface area contributed by atoms with Crippen LogP contribution in [0.1, 0.15) is 30.1 Å². The third kappa shape index (κ3) is 4.38. The molecule has 122 valence electrons. The third-order valence-corrected chi connectivity index (χ3v) is 3.48. The fourth-order valence-corrected chi connectivity index (χ4v) is 2.32. The van der Waals surface area contributed by atoms with Crippen molar-refractivity contribution in [3.05, 3.63) is 17.7 Å². The number of hydrogen-bond donors (Lipinski definition) is 1. The van der Waals surface area contributed by atoms with Gasteiger partial charge >= 0.3 is 5.97 Å². The normalized spacial score (nSPS) is 10.2. The van der Waals surface area contributed by atoms with Crippen molar-refractivity contribution in [2.24, 2.45) is 0 Å². The van der Waals surface area contributed by atoms with Crippen LogP contribution in [0.5, 0.6) is 5.75 Å². The zero-order valence-electron chi connectivity index (χ0n) is 13.6. The first-order valence-corrected chi connectivity index (χ1v) is 7.25. The largest absolute Gasteiger partial charge is 0.496 e. The van der Waals surface area contributed by atoms with Gasteiger partial charge in [0.2, 0.25) is 0 Å². The molecule has 0 saturated carbocycles. The van der Waals surface area contributed by atoms with E-state index in [2.05, 4.69) is 4.90 Å².